The van der Waals surface area contributed by atoms with Gasteiger partial charge in [-0.05, 0) is 44.0 Å². The third kappa shape index (κ3) is 2.84. The molecule has 0 bridgehead atoms. The minimum Gasteiger partial charge on any atom is -0.469 e. The molecule has 2 aromatic rings. The molecule has 0 aliphatic heterocycles. The molecule has 140 valence electrons. The summed E-state index contributed by atoms with van der Waals surface area (Å²) in [7, 11) is 0. The molecule has 1 aliphatic rings. The predicted molar refractivity (Wildman–Crippen MR) is 99.4 cm³/mol. The number of Topliss-reactive ketones (excluding diaryl/α,β-unsaturated/α-hetero) is 1. The summed E-state index contributed by atoms with van der Waals surface area (Å²) < 4.78 is 7.09. The fourth-order valence-corrected chi connectivity index (χ4v) is 4.42. The van der Waals surface area contributed by atoms with Crippen molar-refractivity contribution in [2.45, 2.75) is 45.3 Å². The summed E-state index contributed by atoms with van der Waals surface area (Å²) >= 11 is 0. The lowest BCUT2D eigenvalue weighted by molar-refractivity contribution is -0.131. The Bertz CT molecular complexity index is 1010. The van der Waals surface area contributed by atoms with Crippen molar-refractivity contribution in [3.8, 4) is 6.07 Å². The number of carbonyl (C=O) groups is 1. The normalized spacial score (nSPS) is 24.1. The number of rotatable bonds is 4. The van der Waals surface area contributed by atoms with Gasteiger partial charge in [-0.3, -0.25) is 9.59 Å². The molecule has 1 N–H and O–H groups in total. The van der Waals surface area contributed by atoms with Gasteiger partial charge in [0.15, 0.2) is 0 Å². The largest absolute Gasteiger partial charge is 0.469 e. The quantitative estimate of drug-likeness (QED) is 0.839. The van der Waals surface area contributed by atoms with E-state index < -0.39 is 23.0 Å². The number of allylic oxidation sites excluding steroid dienone is 1. The van der Waals surface area contributed by atoms with Crippen LogP contribution in [0.3, 0.4) is 0 Å². The van der Waals surface area contributed by atoms with Crippen molar-refractivity contribution in [3.63, 3.8) is 0 Å². The van der Waals surface area contributed by atoms with E-state index in [-0.39, 0.29) is 24.3 Å². The smallest absolute Gasteiger partial charge is 0.269 e. The van der Waals surface area contributed by atoms with Crippen molar-refractivity contribution >= 4 is 5.78 Å². The molecule has 0 radical (unpaired) electrons. The monoisotopic (exact) mass is 366 g/mol. The Labute approximate surface area is 157 Å². The van der Waals surface area contributed by atoms with Crippen molar-refractivity contribution in [1.82, 2.24) is 4.57 Å². The SMILES string of the molecule is C=CCn1c(C)c2c(c(C#N)c1=O)CC(C)(O)C(C(C)=O)C2c1ccco1. The Morgan fingerprint density at radius 3 is 2.81 bits per heavy atom. The lowest BCUT2D eigenvalue weighted by Gasteiger charge is -2.43. The molecule has 0 spiro atoms. The maximum Gasteiger partial charge on any atom is 0.269 e. The average Bonchev–Trinajstić information content (AvgIpc) is 3.11. The van der Waals surface area contributed by atoms with Crippen LogP contribution in [0.25, 0.3) is 0 Å². The number of hydrogen-bond donors (Lipinski definition) is 1. The second-order valence-electron chi connectivity index (χ2n) is 7.28. The van der Waals surface area contributed by atoms with E-state index in [1.165, 1.54) is 17.8 Å². The molecular weight excluding hydrogens is 344 g/mol. The fraction of sp³-hybridized carbons (Fsp3) is 0.381. The maximum atomic E-state index is 12.8. The zero-order valence-electron chi connectivity index (χ0n) is 15.7. The Balaban J connectivity index is 2.46. The first-order valence-electron chi connectivity index (χ1n) is 8.78. The zero-order chi connectivity index (χ0) is 19.9. The van der Waals surface area contributed by atoms with Crippen LogP contribution in [0.4, 0.5) is 0 Å². The second kappa shape index (κ2) is 6.67. The van der Waals surface area contributed by atoms with Gasteiger partial charge >= 0.3 is 0 Å². The molecule has 2 heterocycles. The third-order valence-electron chi connectivity index (χ3n) is 5.44. The van der Waals surface area contributed by atoms with Gasteiger partial charge < -0.3 is 14.1 Å². The standard InChI is InChI=1S/C21H22N2O4/c1-5-8-23-12(2)17-14(15(11-22)20(23)25)10-21(4,26)19(13(3)24)18(17)16-7-6-9-27-16/h5-7,9,18-19,26H,1,8,10H2,2-4H3. The molecule has 3 atom stereocenters. The fourth-order valence-electron chi connectivity index (χ4n) is 4.42. The first kappa shape index (κ1) is 18.9. The highest BCUT2D eigenvalue weighted by Crippen LogP contribution is 2.47. The van der Waals surface area contributed by atoms with E-state index in [4.69, 9.17) is 4.42 Å². The topological polar surface area (TPSA) is 96.2 Å². The zero-order valence-corrected chi connectivity index (χ0v) is 15.7. The number of ketones is 1. The first-order chi connectivity index (χ1) is 12.7. The number of hydrogen-bond acceptors (Lipinski definition) is 5. The summed E-state index contributed by atoms with van der Waals surface area (Å²) in [5.74, 6) is -0.991. The van der Waals surface area contributed by atoms with E-state index in [2.05, 4.69) is 6.58 Å². The van der Waals surface area contributed by atoms with Crippen LogP contribution in [0.15, 0.2) is 40.3 Å². The molecule has 3 unspecified atom stereocenters. The van der Waals surface area contributed by atoms with Gasteiger partial charge in [-0.15, -0.1) is 6.58 Å². The summed E-state index contributed by atoms with van der Waals surface area (Å²) in [6.45, 7) is 8.74. The van der Waals surface area contributed by atoms with E-state index in [1.54, 1.807) is 32.1 Å². The van der Waals surface area contributed by atoms with Gasteiger partial charge in [0.25, 0.3) is 5.56 Å². The van der Waals surface area contributed by atoms with Crippen LogP contribution < -0.4 is 5.56 Å². The molecule has 2 aromatic heterocycles. The molecule has 27 heavy (non-hydrogen) atoms. The molecule has 0 saturated heterocycles. The highest BCUT2D eigenvalue weighted by atomic mass is 16.3. The van der Waals surface area contributed by atoms with E-state index >= 15 is 0 Å². The van der Waals surface area contributed by atoms with Gasteiger partial charge in [-0.2, -0.15) is 5.26 Å². The minimum absolute atomic E-state index is 0.00344. The highest BCUT2D eigenvalue weighted by molar-refractivity contribution is 5.82. The van der Waals surface area contributed by atoms with Crippen LogP contribution >= 0.6 is 0 Å². The molecule has 0 amide bonds. The molecule has 6 heteroatoms. The van der Waals surface area contributed by atoms with Gasteiger partial charge in [-0.1, -0.05) is 6.08 Å². The predicted octanol–water partition coefficient (Wildman–Crippen LogP) is 2.45. The van der Waals surface area contributed by atoms with Crippen LogP contribution in [-0.4, -0.2) is 21.1 Å². The molecule has 6 nitrogen and oxygen atoms in total. The average molecular weight is 366 g/mol. The summed E-state index contributed by atoms with van der Waals surface area (Å²) in [6.07, 6.45) is 3.15. The Morgan fingerprint density at radius 1 is 1.59 bits per heavy atom. The van der Waals surface area contributed by atoms with Crippen molar-refractivity contribution in [3.05, 3.63) is 69.5 Å². The van der Waals surface area contributed by atoms with E-state index in [9.17, 15) is 20.0 Å². The van der Waals surface area contributed by atoms with Crippen molar-refractivity contribution in [2.75, 3.05) is 0 Å². The lowest BCUT2D eigenvalue weighted by atomic mass is 9.63. The molecule has 0 saturated carbocycles. The number of aliphatic hydroxyl groups is 1. The summed E-state index contributed by atoms with van der Waals surface area (Å²) in [5.41, 5.74) is 0.0157. The van der Waals surface area contributed by atoms with Crippen LogP contribution in [0.5, 0.6) is 0 Å². The number of fused-ring (bicyclic) bond motifs is 1. The summed E-state index contributed by atoms with van der Waals surface area (Å²) in [6, 6.07) is 5.47. The number of nitriles is 1. The van der Waals surface area contributed by atoms with Gasteiger partial charge in [0.2, 0.25) is 0 Å². The van der Waals surface area contributed by atoms with Crippen LogP contribution in [0, 0.1) is 24.2 Å². The molecule has 0 aromatic carbocycles. The van der Waals surface area contributed by atoms with E-state index in [0.29, 0.717) is 22.6 Å². The Hall–Kier alpha value is -2.91. The highest BCUT2D eigenvalue weighted by Gasteiger charge is 2.50. The first-order valence-corrected chi connectivity index (χ1v) is 8.78. The minimum atomic E-state index is -1.41. The van der Waals surface area contributed by atoms with Gasteiger partial charge in [0.1, 0.15) is 23.2 Å². The van der Waals surface area contributed by atoms with Crippen LogP contribution in [0.2, 0.25) is 0 Å². The van der Waals surface area contributed by atoms with Crippen molar-refractivity contribution < 1.29 is 14.3 Å². The third-order valence-corrected chi connectivity index (χ3v) is 5.44. The van der Waals surface area contributed by atoms with Crippen molar-refractivity contribution in [1.29, 1.82) is 5.26 Å². The number of carbonyl (C=O) groups excluding carboxylic acids is 1. The molecule has 1 aliphatic carbocycles. The number of furan rings is 1. The molecule has 0 fully saturated rings. The summed E-state index contributed by atoms with van der Waals surface area (Å²) in [5, 5.41) is 20.8. The second-order valence-corrected chi connectivity index (χ2v) is 7.28. The Morgan fingerprint density at radius 2 is 2.30 bits per heavy atom. The Kier molecular flexibility index (Phi) is 4.66. The van der Waals surface area contributed by atoms with E-state index in [0.717, 1.165) is 0 Å². The molecular formula is C21H22N2O4. The van der Waals surface area contributed by atoms with Crippen molar-refractivity contribution in [2.24, 2.45) is 5.92 Å². The van der Waals surface area contributed by atoms with Gasteiger partial charge in [-0.25, -0.2) is 0 Å². The number of nitrogens with zero attached hydrogens (tertiary/aromatic N) is 2. The molecule has 3 rings (SSSR count). The van der Waals surface area contributed by atoms with Gasteiger partial charge in [0, 0.05) is 18.7 Å². The van der Waals surface area contributed by atoms with Crippen LogP contribution in [0.1, 0.15) is 47.9 Å². The van der Waals surface area contributed by atoms with Crippen LogP contribution in [-0.2, 0) is 17.8 Å². The summed E-state index contributed by atoms with van der Waals surface area (Å²) in [4.78, 5) is 25.3. The maximum absolute atomic E-state index is 12.8. The van der Waals surface area contributed by atoms with Gasteiger partial charge in [0.05, 0.1) is 23.7 Å². The number of pyridine rings is 1. The number of aromatic nitrogens is 1. The lowest BCUT2D eigenvalue weighted by Crippen LogP contribution is -2.49. The van der Waals surface area contributed by atoms with E-state index in [1.807, 2.05) is 6.07 Å².